The summed E-state index contributed by atoms with van der Waals surface area (Å²) in [4.78, 5) is 19.2. The summed E-state index contributed by atoms with van der Waals surface area (Å²) in [6.07, 6.45) is 0. The number of hydrogen-bond acceptors (Lipinski definition) is 4. The topological polar surface area (TPSA) is 36.0 Å². The van der Waals surface area contributed by atoms with Gasteiger partial charge < -0.3 is 14.5 Å². The molecule has 0 spiro atoms. The summed E-state index contributed by atoms with van der Waals surface area (Å²) in [5, 5.41) is 0. The Bertz CT molecular complexity index is 544. The van der Waals surface area contributed by atoms with Crippen molar-refractivity contribution in [1.29, 1.82) is 0 Å². The highest BCUT2D eigenvalue weighted by Crippen LogP contribution is 2.28. The lowest BCUT2D eigenvalue weighted by Crippen LogP contribution is -2.52. The highest BCUT2D eigenvalue weighted by molar-refractivity contribution is 5.79. The number of ether oxygens (including phenoxy) is 1. The molecule has 1 saturated heterocycles. The van der Waals surface area contributed by atoms with Gasteiger partial charge in [0.25, 0.3) is 0 Å². The standard InChI is InChI=1S/C20H33N3O2/c1-6-25-19-10-8-7-9-18(19)22-13-11-21(12-14-22)15-20(24)23(16(2)3)17(4)5/h7-10,16-17H,6,11-15H2,1-5H3. The predicted octanol–water partition coefficient (Wildman–Crippen LogP) is 2.85. The van der Waals surface area contributed by atoms with Gasteiger partial charge in [0.15, 0.2) is 0 Å². The first-order chi connectivity index (χ1) is 11.9. The van der Waals surface area contributed by atoms with Gasteiger partial charge >= 0.3 is 0 Å². The maximum absolute atomic E-state index is 12.6. The molecule has 1 aliphatic heterocycles. The van der Waals surface area contributed by atoms with Gasteiger partial charge in [-0.1, -0.05) is 12.1 Å². The van der Waals surface area contributed by atoms with E-state index in [4.69, 9.17) is 4.74 Å². The highest BCUT2D eigenvalue weighted by Gasteiger charge is 2.25. The second-order valence-electron chi connectivity index (χ2n) is 7.15. The van der Waals surface area contributed by atoms with E-state index in [0.29, 0.717) is 13.2 Å². The molecule has 1 amide bonds. The van der Waals surface area contributed by atoms with Crippen molar-refractivity contribution in [3.05, 3.63) is 24.3 Å². The Kier molecular flexibility index (Phi) is 7.12. The molecule has 0 atom stereocenters. The molecule has 1 aliphatic rings. The quantitative estimate of drug-likeness (QED) is 0.760. The number of carbonyl (C=O) groups is 1. The van der Waals surface area contributed by atoms with Crippen LogP contribution in [-0.4, -0.2) is 67.1 Å². The van der Waals surface area contributed by atoms with Gasteiger partial charge in [-0.15, -0.1) is 0 Å². The summed E-state index contributed by atoms with van der Waals surface area (Å²) in [5.41, 5.74) is 1.15. The zero-order valence-corrected chi connectivity index (χ0v) is 16.4. The lowest BCUT2D eigenvalue weighted by atomic mass is 10.2. The van der Waals surface area contributed by atoms with E-state index < -0.39 is 0 Å². The molecule has 25 heavy (non-hydrogen) atoms. The van der Waals surface area contributed by atoms with Crippen LogP contribution >= 0.6 is 0 Å². The third kappa shape index (κ3) is 5.11. The molecular formula is C20H33N3O2. The fraction of sp³-hybridized carbons (Fsp3) is 0.650. The van der Waals surface area contributed by atoms with E-state index in [-0.39, 0.29) is 18.0 Å². The Morgan fingerprint density at radius 2 is 1.68 bits per heavy atom. The van der Waals surface area contributed by atoms with Crippen LogP contribution in [-0.2, 0) is 4.79 Å². The minimum Gasteiger partial charge on any atom is -0.492 e. The van der Waals surface area contributed by atoms with E-state index in [1.54, 1.807) is 0 Å². The molecule has 1 heterocycles. The molecule has 0 N–H and O–H groups in total. The van der Waals surface area contributed by atoms with E-state index in [0.717, 1.165) is 37.6 Å². The monoisotopic (exact) mass is 347 g/mol. The molecular weight excluding hydrogens is 314 g/mol. The Balaban J connectivity index is 1.93. The SMILES string of the molecule is CCOc1ccccc1N1CCN(CC(=O)N(C(C)C)C(C)C)CC1. The van der Waals surface area contributed by atoms with Gasteiger partial charge in [-0.2, -0.15) is 0 Å². The average Bonchev–Trinajstić information content (AvgIpc) is 2.56. The summed E-state index contributed by atoms with van der Waals surface area (Å²) in [5.74, 6) is 1.17. The normalized spacial score (nSPS) is 15.7. The van der Waals surface area contributed by atoms with Crippen molar-refractivity contribution in [2.75, 3.05) is 44.2 Å². The van der Waals surface area contributed by atoms with E-state index in [9.17, 15) is 4.79 Å². The molecule has 1 aromatic rings. The summed E-state index contributed by atoms with van der Waals surface area (Å²) in [6.45, 7) is 15.2. The fourth-order valence-corrected chi connectivity index (χ4v) is 3.59. The van der Waals surface area contributed by atoms with Crippen molar-refractivity contribution in [2.24, 2.45) is 0 Å². The third-order valence-electron chi connectivity index (χ3n) is 4.64. The number of piperazine rings is 1. The average molecular weight is 348 g/mol. The predicted molar refractivity (Wildman–Crippen MR) is 103 cm³/mol. The van der Waals surface area contributed by atoms with Gasteiger partial charge in [-0.3, -0.25) is 9.69 Å². The van der Waals surface area contributed by atoms with Crippen molar-refractivity contribution in [2.45, 2.75) is 46.7 Å². The molecule has 0 bridgehead atoms. The molecule has 5 heteroatoms. The maximum atomic E-state index is 12.6. The molecule has 0 saturated carbocycles. The first-order valence-electron chi connectivity index (χ1n) is 9.44. The lowest BCUT2D eigenvalue weighted by molar-refractivity contribution is -0.136. The van der Waals surface area contributed by atoms with Crippen molar-refractivity contribution in [3.63, 3.8) is 0 Å². The van der Waals surface area contributed by atoms with Gasteiger partial charge in [-0.25, -0.2) is 0 Å². The third-order valence-corrected chi connectivity index (χ3v) is 4.64. The second-order valence-corrected chi connectivity index (χ2v) is 7.15. The first-order valence-corrected chi connectivity index (χ1v) is 9.44. The molecule has 0 unspecified atom stereocenters. The molecule has 0 radical (unpaired) electrons. The number of benzene rings is 1. The first kappa shape index (κ1) is 19.6. The fourth-order valence-electron chi connectivity index (χ4n) is 3.59. The van der Waals surface area contributed by atoms with Crippen molar-refractivity contribution >= 4 is 11.6 Å². The van der Waals surface area contributed by atoms with Crippen molar-refractivity contribution < 1.29 is 9.53 Å². The maximum Gasteiger partial charge on any atom is 0.237 e. The minimum atomic E-state index is 0.230. The van der Waals surface area contributed by atoms with Crippen LogP contribution in [0.15, 0.2) is 24.3 Å². The summed E-state index contributed by atoms with van der Waals surface area (Å²) >= 11 is 0. The van der Waals surface area contributed by atoms with E-state index >= 15 is 0 Å². The molecule has 1 aromatic carbocycles. The largest absolute Gasteiger partial charge is 0.492 e. The van der Waals surface area contributed by atoms with Crippen molar-refractivity contribution in [3.8, 4) is 5.75 Å². The van der Waals surface area contributed by atoms with Crippen LogP contribution in [0, 0.1) is 0 Å². The number of anilines is 1. The Labute approximate surface area is 152 Å². The smallest absolute Gasteiger partial charge is 0.237 e. The van der Waals surface area contributed by atoms with Crippen LogP contribution in [0.3, 0.4) is 0 Å². The Morgan fingerprint density at radius 1 is 1.08 bits per heavy atom. The Morgan fingerprint density at radius 3 is 2.24 bits per heavy atom. The van der Waals surface area contributed by atoms with Gasteiger partial charge in [0.2, 0.25) is 5.91 Å². The van der Waals surface area contributed by atoms with E-state index in [2.05, 4.69) is 49.6 Å². The molecule has 2 rings (SSSR count). The van der Waals surface area contributed by atoms with E-state index in [1.165, 1.54) is 0 Å². The summed E-state index contributed by atoms with van der Waals surface area (Å²) in [6, 6.07) is 8.69. The van der Waals surface area contributed by atoms with Gasteiger partial charge in [0, 0.05) is 38.3 Å². The Hall–Kier alpha value is -1.75. The molecule has 0 aromatic heterocycles. The van der Waals surface area contributed by atoms with Gasteiger partial charge in [0.05, 0.1) is 18.8 Å². The van der Waals surface area contributed by atoms with Crippen LogP contribution < -0.4 is 9.64 Å². The van der Waals surface area contributed by atoms with Crippen LogP contribution in [0.5, 0.6) is 5.75 Å². The molecule has 5 nitrogen and oxygen atoms in total. The molecule has 1 fully saturated rings. The van der Waals surface area contributed by atoms with Crippen LogP contribution in [0.4, 0.5) is 5.69 Å². The highest BCUT2D eigenvalue weighted by atomic mass is 16.5. The number of hydrogen-bond donors (Lipinski definition) is 0. The zero-order valence-electron chi connectivity index (χ0n) is 16.4. The van der Waals surface area contributed by atoms with Crippen molar-refractivity contribution in [1.82, 2.24) is 9.80 Å². The summed E-state index contributed by atoms with van der Waals surface area (Å²) < 4.78 is 5.75. The second kappa shape index (κ2) is 9.09. The number of rotatable bonds is 7. The number of nitrogens with zero attached hydrogens (tertiary/aromatic N) is 3. The van der Waals surface area contributed by atoms with E-state index in [1.807, 2.05) is 24.0 Å². The lowest BCUT2D eigenvalue weighted by Gasteiger charge is -2.38. The zero-order chi connectivity index (χ0) is 18.4. The molecule has 0 aliphatic carbocycles. The number of para-hydroxylation sites is 2. The summed E-state index contributed by atoms with van der Waals surface area (Å²) in [7, 11) is 0. The minimum absolute atomic E-state index is 0.230. The number of carbonyl (C=O) groups excluding carboxylic acids is 1. The molecule has 140 valence electrons. The van der Waals surface area contributed by atoms with Gasteiger partial charge in [0.1, 0.15) is 5.75 Å². The van der Waals surface area contributed by atoms with Crippen LogP contribution in [0.1, 0.15) is 34.6 Å². The van der Waals surface area contributed by atoms with Gasteiger partial charge in [-0.05, 0) is 46.8 Å². The van der Waals surface area contributed by atoms with Crippen LogP contribution in [0.25, 0.3) is 0 Å². The number of amides is 1. The van der Waals surface area contributed by atoms with Crippen LogP contribution in [0.2, 0.25) is 0 Å².